The molecule has 3 N–H and O–H groups in total. The number of nitrogens with one attached hydrogen (secondary N) is 3. The topological polar surface area (TPSA) is 140 Å². The number of hydrogen-bond acceptors (Lipinski definition) is 6. The Morgan fingerprint density at radius 1 is 1.04 bits per heavy atom. The zero-order valence-electron chi connectivity index (χ0n) is 15.1. The molecule has 10 heteroatoms. The van der Waals surface area contributed by atoms with Crippen molar-refractivity contribution in [3.8, 4) is 5.75 Å². The van der Waals surface area contributed by atoms with Crippen molar-refractivity contribution in [1.29, 1.82) is 0 Å². The zero-order valence-corrected chi connectivity index (χ0v) is 15.1. The second kappa shape index (κ2) is 9.12. The molecule has 0 unspecified atom stereocenters. The number of rotatable bonds is 6. The molecule has 0 saturated heterocycles. The third-order valence-electron chi connectivity index (χ3n) is 3.50. The van der Waals surface area contributed by atoms with Gasteiger partial charge in [0.25, 0.3) is 11.8 Å². The monoisotopic (exact) mass is 386 g/mol. The fourth-order valence-corrected chi connectivity index (χ4v) is 2.15. The molecular weight excluding hydrogens is 368 g/mol. The number of anilines is 1. The molecule has 1 atom stereocenters. The molecule has 0 aliphatic rings. The Balaban J connectivity index is 1.91. The van der Waals surface area contributed by atoms with Gasteiger partial charge in [-0.15, -0.1) is 0 Å². The van der Waals surface area contributed by atoms with Crippen molar-refractivity contribution in [3.63, 3.8) is 0 Å². The first-order valence-electron chi connectivity index (χ1n) is 8.16. The van der Waals surface area contributed by atoms with E-state index in [9.17, 15) is 24.5 Å². The molecule has 0 radical (unpaired) electrons. The third-order valence-corrected chi connectivity index (χ3v) is 3.50. The van der Waals surface area contributed by atoms with Crippen molar-refractivity contribution in [1.82, 2.24) is 10.9 Å². The van der Waals surface area contributed by atoms with Crippen LogP contribution < -0.4 is 20.9 Å². The summed E-state index contributed by atoms with van der Waals surface area (Å²) in [5, 5.41) is 13.5. The minimum atomic E-state index is -1.09. The van der Waals surface area contributed by atoms with Crippen molar-refractivity contribution in [2.24, 2.45) is 0 Å². The van der Waals surface area contributed by atoms with Gasteiger partial charge < -0.3 is 10.1 Å². The van der Waals surface area contributed by atoms with Crippen LogP contribution in [0.1, 0.15) is 24.2 Å². The summed E-state index contributed by atoms with van der Waals surface area (Å²) in [5.41, 5.74) is 4.92. The summed E-state index contributed by atoms with van der Waals surface area (Å²) in [6, 6.07) is 11.7. The summed E-state index contributed by atoms with van der Waals surface area (Å²) in [6.45, 7) is 2.75. The Morgan fingerprint density at radius 2 is 1.68 bits per heavy atom. The van der Waals surface area contributed by atoms with Crippen molar-refractivity contribution in [2.45, 2.75) is 20.0 Å². The number of nitro groups is 1. The molecule has 2 aromatic carbocycles. The van der Waals surface area contributed by atoms with Crippen molar-refractivity contribution in [3.05, 3.63) is 64.2 Å². The maximum atomic E-state index is 12.1. The van der Waals surface area contributed by atoms with Crippen molar-refractivity contribution in [2.75, 3.05) is 5.32 Å². The molecule has 0 aromatic heterocycles. The van der Waals surface area contributed by atoms with Crippen LogP contribution in [0.4, 0.5) is 11.4 Å². The second-order valence-electron chi connectivity index (χ2n) is 5.69. The number of hydrogen-bond donors (Lipinski definition) is 3. The van der Waals surface area contributed by atoms with Crippen LogP contribution >= 0.6 is 0 Å². The minimum Gasteiger partial charge on any atom is -0.474 e. The highest BCUT2D eigenvalue weighted by Crippen LogP contribution is 2.26. The van der Waals surface area contributed by atoms with Gasteiger partial charge in [-0.05, 0) is 37.3 Å². The number of ether oxygens (including phenoxy) is 1. The van der Waals surface area contributed by atoms with Gasteiger partial charge in [0.1, 0.15) is 0 Å². The summed E-state index contributed by atoms with van der Waals surface area (Å²) < 4.78 is 5.31. The average Bonchev–Trinajstić information content (AvgIpc) is 2.66. The number of nitro benzene ring substituents is 1. The standard InChI is InChI=1S/C18H18N4O6/c1-11(28-16-6-4-3-5-15(16)22(26)27)17(24)20-21-18(25)13-7-9-14(10-8-13)19-12(2)23/h3-11H,1-2H3,(H,19,23)(H,20,24)(H,21,25)/t11-/m0/s1. The average molecular weight is 386 g/mol. The first kappa shape index (κ1) is 20.4. The summed E-state index contributed by atoms with van der Waals surface area (Å²) in [7, 11) is 0. The van der Waals surface area contributed by atoms with Gasteiger partial charge in [0.2, 0.25) is 5.91 Å². The fourth-order valence-electron chi connectivity index (χ4n) is 2.15. The van der Waals surface area contributed by atoms with Crippen LogP contribution in [0, 0.1) is 10.1 Å². The second-order valence-corrected chi connectivity index (χ2v) is 5.69. The van der Waals surface area contributed by atoms with Gasteiger partial charge in [-0.3, -0.25) is 35.3 Å². The molecule has 0 spiro atoms. The molecule has 0 saturated carbocycles. The maximum absolute atomic E-state index is 12.1. The van der Waals surface area contributed by atoms with Gasteiger partial charge in [-0.2, -0.15) is 0 Å². The lowest BCUT2D eigenvalue weighted by Gasteiger charge is -2.15. The minimum absolute atomic E-state index is 0.0602. The number of nitrogens with zero attached hydrogens (tertiary/aromatic N) is 1. The van der Waals surface area contributed by atoms with E-state index in [1.54, 1.807) is 18.2 Å². The molecule has 146 valence electrons. The Morgan fingerprint density at radius 3 is 2.29 bits per heavy atom. The van der Waals surface area contributed by atoms with Crippen LogP contribution in [-0.2, 0) is 9.59 Å². The van der Waals surface area contributed by atoms with Gasteiger partial charge >= 0.3 is 5.69 Å². The van der Waals surface area contributed by atoms with Crippen LogP contribution in [0.15, 0.2) is 48.5 Å². The first-order chi connectivity index (χ1) is 13.3. The third kappa shape index (κ3) is 5.53. The highest BCUT2D eigenvalue weighted by Gasteiger charge is 2.21. The Hall–Kier alpha value is -3.95. The quantitative estimate of drug-likeness (QED) is 0.511. The molecular formula is C18H18N4O6. The van der Waals surface area contributed by atoms with Crippen LogP contribution in [0.25, 0.3) is 0 Å². The normalized spacial score (nSPS) is 11.1. The van der Waals surface area contributed by atoms with Crippen LogP contribution in [0.3, 0.4) is 0 Å². The maximum Gasteiger partial charge on any atom is 0.310 e. The number of para-hydroxylation sites is 2. The van der Waals surface area contributed by atoms with E-state index in [0.717, 1.165) is 0 Å². The van der Waals surface area contributed by atoms with Gasteiger partial charge in [0.15, 0.2) is 11.9 Å². The largest absolute Gasteiger partial charge is 0.474 e. The van der Waals surface area contributed by atoms with E-state index in [2.05, 4.69) is 16.2 Å². The smallest absolute Gasteiger partial charge is 0.310 e. The molecule has 0 bridgehead atoms. The molecule has 3 amide bonds. The highest BCUT2D eigenvalue weighted by atomic mass is 16.6. The Kier molecular flexibility index (Phi) is 6.63. The molecule has 0 heterocycles. The van der Waals surface area contributed by atoms with Crippen LogP contribution in [0.2, 0.25) is 0 Å². The predicted molar refractivity (Wildman–Crippen MR) is 99.5 cm³/mol. The summed E-state index contributed by atoms with van der Waals surface area (Å²) in [6.07, 6.45) is -1.09. The van der Waals surface area contributed by atoms with Gasteiger partial charge in [0.05, 0.1) is 4.92 Å². The molecule has 0 aliphatic heterocycles. The zero-order chi connectivity index (χ0) is 20.7. The number of carbonyl (C=O) groups excluding carboxylic acids is 3. The molecule has 28 heavy (non-hydrogen) atoms. The lowest BCUT2D eigenvalue weighted by Crippen LogP contribution is -2.47. The van der Waals surface area contributed by atoms with Gasteiger partial charge in [-0.25, -0.2) is 0 Å². The van der Waals surface area contributed by atoms with E-state index in [4.69, 9.17) is 4.74 Å². The summed E-state index contributed by atoms with van der Waals surface area (Å²) in [4.78, 5) is 45.5. The lowest BCUT2D eigenvalue weighted by molar-refractivity contribution is -0.386. The number of benzene rings is 2. The van der Waals surface area contributed by atoms with Gasteiger partial charge in [-0.1, -0.05) is 12.1 Å². The summed E-state index contributed by atoms with van der Waals surface area (Å²) >= 11 is 0. The SMILES string of the molecule is CC(=O)Nc1ccc(C(=O)NNC(=O)[C@H](C)Oc2ccccc2[N+](=O)[O-])cc1. The molecule has 10 nitrogen and oxygen atoms in total. The lowest BCUT2D eigenvalue weighted by atomic mass is 10.2. The number of amides is 3. The highest BCUT2D eigenvalue weighted by molar-refractivity contribution is 5.96. The summed E-state index contributed by atoms with van der Waals surface area (Å²) in [5.74, 6) is -1.57. The van der Waals surface area contributed by atoms with E-state index in [1.807, 2.05) is 0 Å². The van der Waals surface area contributed by atoms with E-state index in [-0.39, 0.29) is 22.9 Å². The Bertz CT molecular complexity index is 897. The fraction of sp³-hybridized carbons (Fsp3) is 0.167. The Labute approximate surface area is 160 Å². The molecule has 2 aromatic rings. The van der Waals surface area contributed by atoms with E-state index >= 15 is 0 Å². The van der Waals surface area contributed by atoms with Crippen LogP contribution in [0.5, 0.6) is 5.75 Å². The van der Waals surface area contributed by atoms with E-state index in [1.165, 1.54) is 44.2 Å². The van der Waals surface area contributed by atoms with E-state index < -0.39 is 22.8 Å². The van der Waals surface area contributed by atoms with Gasteiger partial charge in [0, 0.05) is 24.2 Å². The van der Waals surface area contributed by atoms with Crippen molar-refractivity contribution >= 4 is 29.1 Å². The van der Waals surface area contributed by atoms with E-state index in [0.29, 0.717) is 5.69 Å². The number of carbonyl (C=O) groups is 3. The van der Waals surface area contributed by atoms with Crippen molar-refractivity contribution < 1.29 is 24.0 Å². The molecule has 0 fully saturated rings. The first-order valence-corrected chi connectivity index (χ1v) is 8.16. The number of hydrazine groups is 1. The molecule has 0 aliphatic carbocycles. The molecule has 2 rings (SSSR count). The predicted octanol–water partition coefficient (Wildman–Crippen LogP) is 1.78. The van der Waals surface area contributed by atoms with Crippen LogP contribution in [-0.4, -0.2) is 28.7 Å².